The van der Waals surface area contributed by atoms with Crippen LogP contribution >= 0.6 is 0 Å². The van der Waals surface area contributed by atoms with E-state index in [1.54, 1.807) is 0 Å². The first-order valence-electron chi connectivity index (χ1n) is 7.55. The van der Waals surface area contributed by atoms with E-state index in [2.05, 4.69) is 31.4 Å². The molecule has 0 fully saturated rings. The Morgan fingerprint density at radius 3 is 2.29 bits per heavy atom. The fraction of sp³-hybridized carbons (Fsp3) is 0.562. The molecule has 0 spiro atoms. The van der Waals surface area contributed by atoms with E-state index < -0.39 is 6.03 Å². The van der Waals surface area contributed by atoms with Crippen molar-refractivity contribution in [3.63, 3.8) is 0 Å². The number of primary amides is 1. The zero-order valence-electron chi connectivity index (χ0n) is 13.1. The number of carbonyl (C=O) groups excluding carboxylic acids is 1. The van der Waals surface area contributed by atoms with E-state index in [0.29, 0.717) is 18.2 Å². The minimum Gasteiger partial charge on any atom is -0.392 e. The number of aliphatic hydroxyl groups excluding tert-OH is 1. The van der Waals surface area contributed by atoms with Crippen LogP contribution in [0.5, 0.6) is 0 Å². The van der Waals surface area contributed by atoms with E-state index in [1.165, 1.54) is 0 Å². The van der Waals surface area contributed by atoms with Crippen LogP contribution in [0.4, 0.5) is 10.5 Å². The van der Waals surface area contributed by atoms with Gasteiger partial charge in [0, 0.05) is 18.3 Å². The smallest absolute Gasteiger partial charge is 0.316 e. The molecule has 2 unspecified atom stereocenters. The summed E-state index contributed by atoms with van der Waals surface area (Å²) in [7, 11) is 0. The lowest BCUT2D eigenvalue weighted by Gasteiger charge is -2.23. The number of benzene rings is 1. The fourth-order valence-corrected chi connectivity index (χ4v) is 2.41. The van der Waals surface area contributed by atoms with E-state index in [0.717, 1.165) is 18.4 Å². The average molecular weight is 293 g/mol. The van der Waals surface area contributed by atoms with E-state index in [1.807, 2.05) is 24.3 Å². The number of hydrogen-bond acceptors (Lipinski definition) is 3. The first-order chi connectivity index (χ1) is 9.97. The summed E-state index contributed by atoms with van der Waals surface area (Å²) in [6.07, 6.45) is 1.65. The molecule has 0 heterocycles. The molecule has 0 aliphatic carbocycles. The highest BCUT2D eigenvalue weighted by molar-refractivity contribution is 5.87. The number of nitrogens with two attached hydrogens (primary N) is 1. The molecule has 0 saturated heterocycles. The molecule has 1 aromatic rings. The maximum Gasteiger partial charge on any atom is 0.316 e. The van der Waals surface area contributed by atoms with Crippen molar-refractivity contribution in [1.82, 2.24) is 5.32 Å². The van der Waals surface area contributed by atoms with Crippen LogP contribution in [0.25, 0.3) is 0 Å². The number of aliphatic hydroxyl groups is 1. The zero-order chi connectivity index (χ0) is 15.8. The monoisotopic (exact) mass is 293 g/mol. The van der Waals surface area contributed by atoms with Gasteiger partial charge in [-0.15, -0.1) is 0 Å². The van der Waals surface area contributed by atoms with Crippen molar-refractivity contribution >= 4 is 11.7 Å². The highest BCUT2D eigenvalue weighted by atomic mass is 16.3. The molecule has 0 radical (unpaired) electrons. The van der Waals surface area contributed by atoms with Gasteiger partial charge >= 0.3 is 6.03 Å². The van der Waals surface area contributed by atoms with Crippen molar-refractivity contribution in [3.8, 4) is 0 Å². The average Bonchev–Trinajstić information content (AvgIpc) is 2.46. The molecule has 118 valence electrons. The standard InChI is InChI=1S/C16H27N3O2/c1-4-12(5-2)15(20)10-18-11(3)13-6-8-14(9-7-13)19-16(17)21/h6-9,11-12,15,18,20H,4-5,10H2,1-3H3,(H3,17,19,21). The fourth-order valence-electron chi connectivity index (χ4n) is 2.41. The lowest BCUT2D eigenvalue weighted by atomic mass is 9.96. The summed E-state index contributed by atoms with van der Waals surface area (Å²) in [6.45, 7) is 6.83. The molecule has 0 saturated carbocycles. The second kappa shape index (κ2) is 8.64. The highest BCUT2D eigenvalue weighted by Gasteiger charge is 2.16. The molecule has 1 aromatic carbocycles. The predicted octanol–water partition coefficient (Wildman–Crippen LogP) is 2.62. The highest BCUT2D eigenvalue weighted by Crippen LogP contribution is 2.17. The van der Waals surface area contributed by atoms with Gasteiger partial charge in [-0.3, -0.25) is 0 Å². The van der Waals surface area contributed by atoms with Gasteiger partial charge in [0.15, 0.2) is 0 Å². The van der Waals surface area contributed by atoms with Crippen LogP contribution in [0.3, 0.4) is 0 Å². The Balaban J connectivity index is 2.51. The molecule has 0 aliphatic rings. The molecule has 0 aliphatic heterocycles. The molecule has 0 aromatic heterocycles. The number of carbonyl (C=O) groups is 1. The van der Waals surface area contributed by atoms with E-state index >= 15 is 0 Å². The van der Waals surface area contributed by atoms with Gasteiger partial charge in [0.25, 0.3) is 0 Å². The van der Waals surface area contributed by atoms with Gasteiger partial charge in [-0.25, -0.2) is 4.79 Å². The molecule has 5 nitrogen and oxygen atoms in total. The van der Waals surface area contributed by atoms with Crippen LogP contribution in [0.2, 0.25) is 0 Å². The van der Waals surface area contributed by atoms with Crippen molar-refractivity contribution in [3.05, 3.63) is 29.8 Å². The number of urea groups is 1. The minimum absolute atomic E-state index is 0.136. The largest absolute Gasteiger partial charge is 0.392 e. The lowest BCUT2D eigenvalue weighted by Crippen LogP contribution is -2.33. The Kier molecular flexibility index (Phi) is 7.19. The topological polar surface area (TPSA) is 87.4 Å². The van der Waals surface area contributed by atoms with Crippen LogP contribution in [0.1, 0.15) is 45.2 Å². The summed E-state index contributed by atoms with van der Waals surface area (Å²) in [4.78, 5) is 10.8. The SMILES string of the molecule is CCC(CC)C(O)CNC(C)c1ccc(NC(N)=O)cc1. The number of nitrogens with one attached hydrogen (secondary N) is 2. The molecule has 21 heavy (non-hydrogen) atoms. The molecule has 2 atom stereocenters. The third kappa shape index (κ3) is 5.73. The summed E-state index contributed by atoms with van der Waals surface area (Å²) in [5.41, 5.74) is 6.84. The van der Waals surface area contributed by atoms with Crippen LogP contribution in [-0.2, 0) is 0 Å². The van der Waals surface area contributed by atoms with Gasteiger partial charge in [-0.2, -0.15) is 0 Å². The summed E-state index contributed by atoms with van der Waals surface area (Å²) in [6, 6.07) is 7.07. The lowest BCUT2D eigenvalue weighted by molar-refractivity contribution is 0.0989. The summed E-state index contributed by atoms with van der Waals surface area (Å²) in [5, 5.41) is 16.0. The van der Waals surface area contributed by atoms with Gasteiger partial charge < -0.3 is 21.5 Å². The summed E-state index contributed by atoms with van der Waals surface area (Å²) < 4.78 is 0. The first-order valence-corrected chi connectivity index (χ1v) is 7.55. The molecular weight excluding hydrogens is 266 g/mol. The van der Waals surface area contributed by atoms with Crippen molar-refractivity contribution in [2.75, 3.05) is 11.9 Å². The Hall–Kier alpha value is -1.59. The van der Waals surface area contributed by atoms with Crippen LogP contribution in [0.15, 0.2) is 24.3 Å². The second-order valence-corrected chi connectivity index (χ2v) is 5.39. The summed E-state index contributed by atoms with van der Waals surface area (Å²) >= 11 is 0. The van der Waals surface area contributed by atoms with Gasteiger partial charge in [-0.05, 0) is 30.5 Å². The quantitative estimate of drug-likeness (QED) is 0.594. The Morgan fingerprint density at radius 2 is 1.81 bits per heavy atom. The van der Waals surface area contributed by atoms with E-state index in [9.17, 15) is 9.90 Å². The third-order valence-corrected chi connectivity index (χ3v) is 3.90. The maximum absolute atomic E-state index is 10.8. The number of amides is 2. The van der Waals surface area contributed by atoms with Crippen LogP contribution < -0.4 is 16.4 Å². The van der Waals surface area contributed by atoms with Gasteiger partial charge in [0.1, 0.15) is 0 Å². The zero-order valence-corrected chi connectivity index (χ0v) is 13.1. The second-order valence-electron chi connectivity index (χ2n) is 5.39. The molecule has 1 rings (SSSR count). The van der Waals surface area contributed by atoms with Crippen molar-refractivity contribution in [2.24, 2.45) is 11.7 Å². The van der Waals surface area contributed by atoms with E-state index in [-0.39, 0.29) is 12.1 Å². The Morgan fingerprint density at radius 1 is 1.24 bits per heavy atom. The number of rotatable bonds is 8. The minimum atomic E-state index is -0.567. The van der Waals surface area contributed by atoms with Gasteiger partial charge in [0.2, 0.25) is 0 Å². The van der Waals surface area contributed by atoms with Crippen LogP contribution in [0, 0.1) is 5.92 Å². The first kappa shape index (κ1) is 17.5. The van der Waals surface area contributed by atoms with Crippen molar-refractivity contribution in [2.45, 2.75) is 45.8 Å². The molecule has 5 heteroatoms. The van der Waals surface area contributed by atoms with Crippen molar-refractivity contribution < 1.29 is 9.90 Å². The van der Waals surface area contributed by atoms with Gasteiger partial charge in [0.05, 0.1) is 6.10 Å². The van der Waals surface area contributed by atoms with Gasteiger partial charge in [-0.1, -0.05) is 38.8 Å². The molecule has 2 amide bonds. The number of hydrogen-bond donors (Lipinski definition) is 4. The molecule has 5 N–H and O–H groups in total. The van der Waals surface area contributed by atoms with Crippen molar-refractivity contribution in [1.29, 1.82) is 0 Å². The Labute approximate surface area is 126 Å². The molecular formula is C16H27N3O2. The maximum atomic E-state index is 10.8. The van der Waals surface area contributed by atoms with Crippen LogP contribution in [-0.4, -0.2) is 23.8 Å². The van der Waals surface area contributed by atoms with E-state index in [4.69, 9.17) is 5.73 Å². The molecule has 0 bridgehead atoms. The predicted molar refractivity (Wildman–Crippen MR) is 86.1 cm³/mol. The third-order valence-electron chi connectivity index (χ3n) is 3.90. The normalized spacial score (nSPS) is 14.0. The number of anilines is 1. The Bertz CT molecular complexity index is 430. The summed E-state index contributed by atoms with van der Waals surface area (Å²) in [5.74, 6) is 0.340.